The van der Waals surface area contributed by atoms with E-state index >= 15 is 0 Å². The lowest BCUT2D eigenvalue weighted by atomic mass is 10.2. The van der Waals surface area contributed by atoms with Gasteiger partial charge in [0.2, 0.25) is 0 Å². The summed E-state index contributed by atoms with van der Waals surface area (Å²) < 4.78 is 29.8. The van der Waals surface area contributed by atoms with E-state index in [4.69, 9.17) is 14.8 Å². The third-order valence-corrected chi connectivity index (χ3v) is 2.97. The zero-order valence-electron chi connectivity index (χ0n) is 9.15. The lowest BCUT2D eigenvalue weighted by Gasteiger charge is -2.32. The Hall–Kier alpha value is -0.250. The molecule has 2 atom stereocenters. The Kier molecular flexibility index (Phi) is 7.04. The number of nitrogens with zero attached hydrogens (tertiary/aromatic N) is 1. The molecule has 2 unspecified atom stereocenters. The van der Waals surface area contributed by atoms with E-state index < -0.39 is 28.1 Å². The van der Waals surface area contributed by atoms with E-state index in [2.05, 4.69) is 0 Å². The highest BCUT2D eigenvalue weighted by Gasteiger charge is 2.26. The second-order valence-electron chi connectivity index (χ2n) is 3.44. The summed E-state index contributed by atoms with van der Waals surface area (Å²) in [4.78, 5) is 1.24. The SMILES string of the molecule is CCC(CO)N(CCO)C(O)CS(=O)(=O)O. The molecule has 7 nitrogen and oxygen atoms in total. The van der Waals surface area contributed by atoms with Gasteiger partial charge in [0.15, 0.2) is 0 Å². The zero-order chi connectivity index (χ0) is 12.8. The van der Waals surface area contributed by atoms with Gasteiger partial charge in [-0.05, 0) is 6.42 Å². The Labute approximate surface area is 95.1 Å². The van der Waals surface area contributed by atoms with Crippen molar-refractivity contribution in [3.8, 4) is 0 Å². The first-order valence-corrected chi connectivity index (χ1v) is 6.57. The fraction of sp³-hybridized carbons (Fsp3) is 1.00. The van der Waals surface area contributed by atoms with Crippen LogP contribution in [0.4, 0.5) is 0 Å². The van der Waals surface area contributed by atoms with Gasteiger partial charge in [-0.1, -0.05) is 6.92 Å². The molecular formula is C8H19NO6S. The second-order valence-corrected chi connectivity index (χ2v) is 4.93. The molecule has 0 rings (SSSR count). The van der Waals surface area contributed by atoms with E-state index in [-0.39, 0.29) is 19.8 Å². The molecule has 0 saturated heterocycles. The first kappa shape index (κ1) is 15.8. The fourth-order valence-corrected chi connectivity index (χ4v) is 2.01. The van der Waals surface area contributed by atoms with Crippen LogP contribution in [0, 0.1) is 0 Å². The summed E-state index contributed by atoms with van der Waals surface area (Å²) in [7, 11) is -4.29. The van der Waals surface area contributed by atoms with Crippen molar-refractivity contribution >= 4 is 10.1 Å². The second kappa shape index (κ2) is 7.15. The molecule has 0 spiro atoms. The van der Waals surface area contributed by atoms with E-state index in [0.717, 1.165) is 0 Å². The van der Waals surface area contributed by atoms with Crippen LogP contribution in [-0.4, -0.2) is 71.0 Å². The molecule has 0 saturated carbocycles. The molecule has 0 radical (unpaired) electrons. The highest BCUT2D eigenvalue weighted by atomic mass is 32.2. The van der Waals surface area contributed by atoms with Crippen molar-refractivity contribution in [2.45, 2.75) is 25.6 Å². The van der Waals surface area contributed by atoms with Crippen molar-refractivity contribution in [3.05, 3.63) is 0 Å². The van der Waals surface area contributed by atoms with Gasteiger partial charge < -0.3 is 15.3 Å². The molecule has 0 aliphatic heterocycles. The Morgan fingerprint density at radius 3 is 2.19 bits per heavy atom. The summed E-state index contributed by atoms with van der Waals surface area (Å²) in [6.45, 7) is 1.24. The highest BCUT2D eigenvalue weighted by Crippen LogP contribution is 2.08. The average molecular weight is 257 g/mol. The molecule has 0 fully saturated rings. The Morgan fingerprint density at radius 2 is 1.88 bits per heavy atom. The van der Waals surface area contributed by atoms with Gasteiger partial charge in [0.05, 0.1) is 13.2 Å². The largest absolute Gasteiger partial charge is 0.395 e. The molecule has 0 aromatic rings. The predicted molar refractivity (Wildman–Crippen MR) is 57.4 cm³/mol. The van der Waals surface area contributed by atoms with Crippen LogP contribution in [0.1, 0.15) is 13.3 Å². The average Bonchev–Trinajstić information content (AvgIpc) is 2.15. The predicted octanol–water partition coefficient (Wildman–Crippen LogP) is -1.74. The molecule has 0 amide bonds. The van der Waals surface area contributed by atoms with E-state index in [1.165, 1.54) is 4.90 Å². The van der Waals surface area contributed by atoms with Crippen molar-refractivity contribution in [2.24, 2.45) is 0 Å². The number of aliphatic hydroxyl groups is 3. The Balaban J connectivity index is 4.62. The van der Waals surface area contributed by atoms with Crippen LogP contribution in [0.3, 0.4) is 0 Å². The van der Waals surface area contributed by atoms with Gasteiger partial charge >= 0.3 is 0 Å². The summed E-state index contributed by atoms with van der Waals surface area (Å²) >= 11 is 0. The topological polar surface area (TPSA) is 118 Å². The maximum Gasteiger partial charge on any atom is 0.268 e. The van der Waals surface area contributed by atoms with Gasteiger partial charge in [-0.25, -0.2) is 0 Å². The van der Waals surface area contributed by atoms with Gasteiger partial charge in [-0.3, -0.25) is 9.45 Å². The molecule has 0 aromatic carbocycles. The molecule has 0 aliphatic rings. The molecule has 0 bridgehead atoms. The highest BCUT2D eigenvalue weighted by molar-refractivity contribution is 7.85. The molecule has 0 heterocycles. The standard InChI is InChI=1S/C8H19NO6S/c1-2-7(5-11)9(3-4-10)8(12)6-16(13,14)15/h7-8,10-12H,2-6H2,1H3,(H,13,14,15). The lowest BCUT2D eigenvalue weighted by Crippen LogP contribution is -2.49. The van der Waals surface area contributed by atoms with E-state index in [1.807, 2.05) is 0 Å². The number of hydrogen-bond acceptors (Lipinski definition) is 6. The smallest absolute Gasteiger partial charge is 0.268 e. The van der Waals surface area contributed by atoms with Crippen LogP contribution < -0.4 is 0 Å². The molecular weight excluding hydrogens is 238 g/mol. The molecule has 0 aromatic heterocycles. The van der Waals surface area contributed by atoms with Gasteiger partial charge in [0.25, 0.3) is 10.1 Å². The molecule has 16 heavy (non-hydrogen) atoms. The van der Waals surface area contributed by atoms with Crippen molar-refractivity contribution in [1.29, 1.82) is 0 Å². The third-order valence-electron chi connectivity index (χ3n) is 2.25. The minimum Gasteiger partial charge on any atom is -0.395 e. The van der Waals surface area contributed by atoms with Gasteiger partial charge in [-0.2, -0.15) is 8.42 Å². The maximum absolute atomic E-state index is 10.6. The Morgan fingerprint density at radius 1 is 1.31 bits per heavy atom. The molecule has 8 heteroatoms. The number of rotatable bonds is 8. The van der Waals surface area contributed by atoms with Crippen LogP contribution in [0.2, 0.25) is 0 Å². The van der Waals surface area contributed by atoms with Gasteiger partial charge in [0.1, 0.15) is 12.0 Å². The summed E-state index contributed by atoms with van der Waals surface area (Å²) in [6.07, 6.45) is -0.960. The van der Waals surface area contributed by atoms with Crippen molar-refractivity contribution in [1.82, 2.24) is 4.90 Å². The summed E-state index contributed by atoms with van der Waals surface area (Å²) in [6, 6.07) is -0.455. The minimum absolute atomic E-state index is 0.0236. The summed E-state index contributed by atoms with van der Waals surface area (Å²) in [5.41, 5.74) is 0. The fourth-order valence-electron chi connectivity index (χ4n) is 1.44. The molecule has 98 valence electrons. The molecule has 0 aliphatic carbocycles. The van der Waals surface area contributed by atoms with E-state index in [0.29, 0.717) is 6.42 Å². The zero-order valence-corrected chi connectivity index (χ0v) is 9.97. The number of hydrogen-bond donors (Lipinski definition) is 4. The maximum atomic E-state index is 10.6. The minimum atomic E-state index is -4.29. The first-order valence-electron chi connectivity index (χ1n) is 4.96. The van der Waals surface area contributed by atoms with Crippen LogP contribution in [0.25, 0.3) is 0 Å². The van der Waals surface area contributed by atoms with Crippen molar-refractivity contribution in [3.63, 3.8) is 0 Å². The lowest BCUT2D eigenvalue weighted by molar-refractivity contribution is -0.0348. The summed E-state index contributed by atoms with van der Waals surface area (Å²) in [5.74, 6) is -0.844. The summed E-state index contributed by atoms with van der Waals surface area (Å²) in [5, 5.41) is 27.4. The third kappa shape index (κ3) is 5.73. The van der Waals surface area contributed by atoms with Gasteiger partial charge in [-0.15, -0.1) is 0 Å². The van der Waals surface area contributed by atoms with Crippen LogP contribution in [0.15, 0.2) is 0 Å². The first-order chi connectivity index (χ1) is 7.35. The van der Waals surface area contributed by atoms with E-state index in [9.17, 15) is 13.5 Å². The monoisotopic (exact) mass is 257 g/mol. The van der Waals surface area contributed by atoms with Crippen LogP contribution >= 0.6 is 0 Å². The van der Waals surface area contributed by atoms with Crippen molar-refractivity contribution in [2.75, 3.05) is 25.5 Å². The van der Waals surface area contributed by atoms with E-state index in [1.54, 1.807) is 6.92 Å². The van der Waals surface area contributed by atoms with Crippen LogP contribution in [0.5, 0.6) is 0 Å². The van der Waals surface area contributed by atoms with Gasteiger partial charge in [0, 0.05) is 12.6 Å². The Bertz CT molecular complexity index is 276. The quantitative estimate of drug-likeness (QED) is 0.301. The van der Waals surface area contributed by atoms with Crippen LogP contribution in [-0.2, 0) is 10.1 Å². The normalized spacial score (nSPS) is 16.4. The van der Waals surface area contributed by atoms with Crippen molar-refractivity contribution < 1.29 is 28.3 Å². The number of aliphatic hydroxyl groups excluding tert-OH is 3. The molecule has 4 N–H and O–H groups in total.